The summed E-state index contributed by atoms with van der Waals surface area (Å²) in [5.41, 5.74) is -0.110. The third kappa shape index (κ3) is 1.77. The standard InChI is InChI=1S/C6H6ClN5O2/c1-9-6-3(5(8)12(13)14)4(7)10-2-11-6/h2,8H,1H3,(H,9,10,11). The molecule has 14 heavy (non-hydrogen) atoms. The number of halogens is 1. The van der Waals surface area contributed by atoms with Crippen molar-refractivity contribution in [3.8, 4) is 0 Å². The summed E-state index contributed by atoms with van der Waals surface area (Å²) in [7, 11) is 1.52. The molecule has 1 aromatic rings. The first-order chi connectivity index (χ1) is 6.57. The van der Waals surface area contributed by atoms with Crippen LogP contribution in [0.2, 0.25) is 5.15 Å². The maximum atomic E-state index is 10.4. The van der Waals surface area contributed by atoms with Crippen LogP contribution in [0.1, 0.15) is 5.56 Å². The summed E-state index contributed by atoms with van der Waals surface area (Å²) in [6, 6.07) is 0. The minimum absolute atomic E-state index is 0.110. The topological polar surface area (TPSA) is 105 Å². The summed E-state index contributed by atoms with van der Waals surface area (Å²) in [5.74, 6) is -0.674. The number of rotatable bonds is 2. The Morgan fingerprint density at radius 1 is 1.71 bits per heavy atom. The van der Waals surface area contributed by atoms with Crippen molar-refractivity contribution in [3.05, 3.63) is 27.2 Å². The van der Waals surface area contributed by atoms with Crippen molar-refractivity contribution in [2.45, 2.75) is 0 Å². The molecule has 0 aliphatic rings. The van der Waals surface area contributed by atoms with Gasteiger partial charge in [0.25, 0.3) is 0 Å². The number of nitrogens with one attached hydrogen (secondary N) is 2. The molecule has 0 saturated carbocycles. The molecule has 0 unspecified atom stereocenters. The predicted molar refractivity (Wildman–Crippen MR) is 50.4 cm³/mol. The molecule has 0 atom stereocenters. The van der Waals surface area contributed by atoms with Crippen molar-refractivity contribution in [1.29, 1.82) is 5.41 Å². The van der Waals surface area contributed by atoms with Crippen LogP contribution < -0.4 is 5.32 Å². The van der Waals surface area contributed by atoms with Crippen molar-refractivity contribution in [2.75, 3.05) is 12.4 Å². The zero-order valence-corrected chi connectivity index (χ0v) is 7.87. The zero-order valence-electron chi connectivity index (χ0n) is 7.11. The Bertz CT molecular complexity index is 394. The molecule has 0 spiro atoms. The van der Waals surface area contributed by atoms with Crippen LogP contribution in [0.15, 0.2) is 6.33 Å². The summed E-state index contributed by atoms with van der Waals surface area (Å²) < 4.78 is 0. The third-order valence-corrected chi connectivity index (χ3v) is 1.74. The number of aromatic nitrogens is 2. The van der Waals surface area contributed by atoms with Gasteiger partial charge in [-0.2, -0.15) is 0 Å². The van der Waals surface area contributed by atoms with Crippen molar-refractivity contribution < 1.29 is 4.92 Å². The molecular formula is C6H6ClN5O2. The molecule has 0 amide bonds. The number of hydrogen-bond donors (Lipinski definition) is 2. The monoisotopic (exact) mass is 215 g/mol. The average Bonchev–Trinajstić information content (AvgIpc) is 2.16. The summed E-state index contributed by atoms with van der Waals surface area (Å²) in [6.45, 7) is 0. The van der Waals surface area contributed by atoms with Crippen molar-refractivity contribution in [2.24, 2.45) is 0 Å². The van der Waals surface area contributed by atoms with E-state index in [0.29, 0.717) is 0 Å². The Labute approximate surface area is 83.8 Å². The number of anilines is 1. The number of hydrogen-bond acceptors (Lipinski definition) is 6. The number of nitro groups is 1. The Morgan fingerprint density at radius 3 is 2.86 bits per heavy atom. The van der Waals surface area contributed by atoms with Gasteiger partial charge in [-0.05, 0) is 4.92 Å². The smallest absolute Gasteiger partial charge is 0.369 e. The molecule has 1 aromatic heterocycles. The lowest BCUT2D eigenvalue weighted by molar-refractivity contribution is -0.350. The highest BCUT2D eigenvalue weighted by Crippen LogP contribution is 2.19. The van der Waals surface area contributed by atoms with E-state index in [-0.39, 0.29) is 16.5 Å². The second-order valence-electron chi connectivity index (χ2n) is 2.24. The highest BCUT2D eigenvalue weighted by atomic mass is 35.5. The van der Waals surface area contributed by atoms with Crippen LogP contribution in [-0.4, -0.2) is 27.8 Å². The Kier molecular flexibility index (Phi) is 2.92. The van der Waals surface area contributed by atoms with E-state index in [1.807, 2.05) is 0 Å². The van der Waals surface area contributed by atoms with Crippen LogP contribution in [0.5, 0.6) is 0 Å². The van der Waals surface area contributed by atoms with Gasteiger partial charge < -0.3 is 15.4 Å². The van der Waals surface area contributed by atoms with E-state index in [4.69, 9.17) is 17.0 Å². The molecule has 0 aromatic carbocycles. The molecule has 0 saturated heterocycles. The normalized spacial score (nSPS) is 9.57. The summed E-state index contributed by atoms with van der Waals surface area (Å²) in [5, 5.41) is 20.0. The molecule has 0 aliphatic carbocycles. The molecule has 8 heteroatoms. The Hall–Kier alpha value is -1.76. The van der Waals surface area contributed by atoms with E-state index in [0.717, 1.165) is 6.33 Å². The largest absolute Gasteiger partial charge is 0.372 e. The van der Waals surface area contributed by atoms with Crippen LogP contribution in [0.4, 0.5) is 5.82 Å². The molecule has 74 valence electrons. The highest BCUT2D eigenvalue weighted by molar-refractivity contribution is 6.33. The van der Waals surface area contributed by atoms with Gasteiger partial charge in [0.15, 0.2) is 5.56 Å². The molecule has 1 heterocycles. The first kappa shape index (κ1) is 10.3. The Balaban J connectivity index is 3.30. The van der Waals surface area contributed by atoms with Gasteiger partial charge in [-0.3, -0.25) is 0 Å². The number of nitrogens with zero attached hydrogens (tertiary/aromatic N) is 3. The molecule has 2 N–H and O–H groups in total. The van der Waals surface area contributed by atoms with E-state index in [2.05, 4.69) is 15.3 Å². The molecule has 0 bridgehead atoms. The molecule has 0 fully saturated rings. The van der Waals surface area contributed by atoms with Crippen LogP contribution in [0, 0.1) is 15.5 Å². The lowest BCUT2D eigenvalue weighted by Crippen LogP contribution is -2.15. The zero-order chi connectivity index (χ0) is 10.7. The maximum Gasteiger partial charge on any atom is 0.369 e. The van der Waals surface area contributed by atoms with Gasteiger partial charge in [0.05, 0.1) is 0 Å². The van der Waals surface area contributed by atoms with E-state index in [9.17, 15) is 10.1 Å². The minimum Gasteiger partial charge on any atom is -0.372 e. The van der Waals surface area contributed by atoms with Gasteiger partial charge in [-0.15, -0.1) is 0 Å². The van der Waals surface area contributed by atoms with Crippen LogP contribution in [-0.2, 0) is 0 Å². The first-order valence-corrected chi connectivity index (χ1v) is 3.87. The molecule has 0 aliphatic heterocycles. The molecule has 7 nitrogen and oxygen atoms in total. The van der Waals surface area contributed by atoms with E-state index < -0.39 is 10.8 Å². The molecule has 0 radical (unpaired) electrons. The van der Waals surface area contributed by atoms with Gasteiger partial charge in [0, 0.05) is 7.05 Å². The number of amidine groups is 1. The van der Waals surface area contributed by atoms with Gasteiger partial charge in [-0.25, -0.2) is 9.97 Å². The van der Waals surface area contributed by atoms with E-state index >= 15 is 0 Å². The minimum atomic E-state index is -0.856. The van der Waals surface area contributed by atoms with Crippen molar-refractivity contribution in [1.82, 2.24) is 9.97 Å². The molecular weight excluding hydrogens is 210 g/mol. The lowest BCUT2D eigenvalue weighted by Gasteiger charge is -2.04. The van der Waals surface area contributed by atoms with Gasteiger partial charge in [0.2, 0.25) is 0 Å². The first-order valence-electron chi connectivity index (χ1n) is 3.49. The fraction of sp³-hybridized carbons (Fsp3) is 0.167. The predicted octanol–water partition coefficient (Wildman–Crippen LogP) is 0.774. The summed E-state index contributed by atoms with van der Waals surface area (Å²) >= 11 is 5.61. The fourth-order valence-corrected chi connectivity index (χ4v) is 1.08. The second-order valence-corrected chi connectivity index (χ2v) is 2.60. The SMILES string of the molecule is CNc1ncnc(Cl)c1C(=N)[N+](=O)[O-]. The fourth-order valence-electron chi connectivity index (χ4n) is 0.855. The second kappa shape index (κ2) is 3.97. The van der Waals surface area contributed by atoms with E-state index in [1.165, 1.54) is 7.05 Å². The highest BCUT2D eigenvalue weighted by Gasteiger charge is 2.22. The van der Waals surface area contributed by atoms with Crippen molar-refractivity contribution in [3.63, 3.8) is 0 Å². The van der Waals surface area contributed by atoms with Gasteiger partial charge in [-0.1, -0.05) is 17.0 Å². The molecule has 1 rings (SSSR count). The Morgan fingerprint density at radius 2 is 2.36 bits per heavy atom. The lowest BCUT2D eigenvalue weighted by atomic mass is 10.3. The summed E-state index contributed by atoms with van der Waals surface area (Å²) in [6.07, 6.45) is 1.16. The van der Waals surface area contributed by atoms with Gasteiger partial charge in [0.1, 0.15) is 17.3 Å². The van der Waals surface area contributed by atoms with Crippen LogP contribution in [0.25, 0.3) is 0 Å². The summed E-state index contributed by atoms with van der Waals surface area (Å²) in [4.78, 5) is 16.8. The van der Waals surface area contributed by atoms with Crippen molar-refractivity contribution >= 4 is 23.3 Å². The van der Waals surface area contributed by atoms with Crippen LogP contribution >= 0.6 is 11.6 Å². The van der Waals surface area contributed by atoms with Crippen LogP contribution in [0.3, 0.4) is 0 Å². The van der Waals surface area contributed by atoms with Gasteiger partial charge >= 0.3 is 5.84 Å². The average molecular weight is 216 g/mol. The quantitative estimate of drug-likeness (QED) is 0.249. The van der Waals surface area contributed by atoms with E-state index in [1.54, 1.807) is 0 Å². The maximum absolute atomic E-state index is 10.4. The third-order valence-electron chi connectivity index (χ3n) is 1.46.